The average Bonchev–Trinajstić information content (AvgIpc) is 1.79. The molecular formula is C7H10F3N3. The van der Waals surface area contributed by atoms with Crippen molar-refractivity contribution in [3.05, 3.63) is 23.5 Å². The second kappa shape index (κ2) is 2.66. The van der Waals surface area contributed by atoms with Crippen LogP contribution < -0.4 is 16.8 Å². The monoisotopic (exact) mass is 193 g/mol. The molecule has 1 aliphatic heterocycles. The molecule has 1 rings (SSSR count). The molecule has 0 radical (unpaired) electrons. The molecule has 6 heteroatoms. The molecule has 0 bridgehead atoms. The van der Waals surface area contributed by atoms with Gasteiger partial charge >= 0.3 is 6.18 Å². The molecule has 1 unspecified atom stereocenters. The van der Waals surface area contributed by atoms with Gasteiger partial charge < -0.3 is 16.8 Å². The predicted molar refractivity (Wildman–Crippen MR) is 42.1 cm³/mol. The number of nitrogens with one attached hydrogen (secondary N) is 1. The first-order chi connectivity index (χ1) is 5.73. The maximum atomic E-state index is 12.3. The number of rotatable bonds is 0. The van der Waals surface area contributed by atoms with E-state index in [1.807, 2.05) is 0 Å². The summed E-state index contributed by atoms with van der Waals surface area (Å²) in [7, 11) is 0. The summed E-state index contributed by atoms with van der Waals surface area (Å²) in [6.45, 7) is 1.21. The van der Waals surface area contributed by atoms with Gasteiger partial charge in [-0.15, -0.1) is 0 Å². The zero-order chi connectivity index (χ0) is 10.3. The quantitative estimate of drug-likeness (QED) is 0.526. The second-order valence-electron chi connectivity index (χ2n) is 3.03. The molecule has 1 aliphatic rings. The molecule has 0 saturated carbocycles. The molecule has 0 saturated heterocycles. The van der Waals surface area contributed by atoms with Gasteiger partial charge in [-0.25, -0.2) is 0 Å². The third-order valence-corrected chi connectivity index (χ3v) is 1.70. The molecule has 0 fully saturated rings. The lowest BCUT2D eigenvalue weighted by Gasteiger charge is -2.33. The molecule has 1 atom stereocenters. The highest BCUT2D eigenvalue weighted by molar-refractivity contribution is 5.33. The van der Waals surface area contributed by atoms with Crippen molar-refractivity contribution in [3.8, 4) is 0 Å². The van der Waals surface area contributed by atoms with Crippen molar-refractivity contribution in [2.24, 2.45) is 11.5 Å². The Balaban J connectivity index is 3.08. The van der Waals surface area contributed by atoms with Crippen LogP contribution in [0.2, 0.25) is 0 Å². The Morgan fingerprint density at radius 3 is 2.31 bits per heavy atom. The Kier molecular flexibility index (Phi) is 2.03. The van der Waals surface area contributed by atoms with Crippen molar-refractivity contribution in [3.63, 3.8) is 0 Å². The largest absolute Gasteiger partial charge is 0.416 e. The standard InChI is InChI=1S/C7H10F3N3/c1-6(12)4(7(8,9)10)2-3-5(11)13-6/h2-3,13H,11-12H2,1H3. The summed E-state index contributed by atoms with van der Waals surface area (Å²) < 4.78 is 36.9. The van der Waals surface area contributed by atoms with Crippen LogP contribution in [0.1, 0.15) is 6.92 Å². The van der Waals surface area contributed by atoms with Gasteiger partial charge in [-0.05, 0) is 19.1 Å². The fraction of sp³-hybridized carbons (Fsp3) is 0.429. The smallest absolute Gasteiger partial charge is 0.385 e. The zero-order valence-corrected chi connectivity index (χ0v) is 6.94. The molecule has 5 N–H and O–H groups in total. The van der Waals surface area contributed by atoms with Crippen LogP contribution >= 0.6 is 0 Å². The van der Waals surface area contributed by atoms with Gasteiger partial charge in [-0.2, -0.15) is 13.2 Å². The molecule has 0 aromatic rings. The Morgan fingerprint density at radius 1 is 1.38 bits per heavy atom. The highest BCUT2D eigenvalue weighted by Gasteiger charge is 2.44. The van der Waals surface area contributed by atoms with Crippen LogP contribution in [0.15, 0.2) is 23.5 Å². The summed E-state index contributed by atoms with van der Waals surface area (Å²) in [6, 6.07) is 0. The van der Waals surface area contributed by atoms with Crippen LogP contribution in [-0.2, 0) is 0 Å². The number of allylic oxidation sites excluding steroid dienone is 2. The number of hydrogen-bond acceptors (Lipinski definition) is 3. The van der Waals surface area contributed by atoms with Gasteiger partial charge in [0, 0.05) is 0 Å². The first-order valence-corrected chi connectivity index (χ1v) is 3.55. The van der Waals surface area contributed by atoms with Crippen LogP contribution in [0.3, 0.4) is 0 Å². The van der Waals surface area contributed by atoms with Crippen molar-refractivity contribution < 1.29 is 13.2 Å². The third-order valence-electron chi connectivity index (χ3n) is 1.70. The number of alkyl halides is 3. The van der Waals surface area contributed by atoms with E-state index >= 15 is 0 Å². The van der Waals surface area contributed by atoms with Crippen LogP contribution in [0, 0.1) is 0 Å². The van der Waals surface area contributed by atoms with Crippen LogP contribution in [0.25, 0.3) is 0 Å². The number of dihydropyridines is 1. The summed E-state index contributed by atoms with van der Waals surface area (Å²) in [5.41, 5.74) is 8.16. The Hall–Kier alpha value is -1.17. The van der Waals surface area contributed by atoms with Crippen LogP contribution in [0.5, 0.6) is 0 Å². The highest BCUT2D eigenvalue weighted by atomic mass is 19.4. The normalized spacial score (nSPS) is 29.0. The Labute approximate surface area is 73.3 Å². The fourth-order valence-electron chi connectivity index (χ4n) is 1.14. The minimum absolute atomic E-state index is 0.123. The second-order valence-corrected chi connectivity index (χ2v) is 3.03. The van der Waals surface area contributed by atoms with Gasteiger partial charge in [-0.1, -0.05) is 0 Å². The highest BCUT2D eigenvalue weighted by Crippen LogP contribution is 2.33. The number of halogens is 3. The van der Waals surface area contributed by atoms with Gasteiger partial charge in [0.15, 0.2) is 0 Å². The lowest BCUT2D eigenvalue weighted by Crippen LogP contribution is -2.57. The van der Waals surface area contributed by atoms with Crippen molar-refractivity contribution in [2.75, 3.05) is 0 Å². The molecule has 13 heavy (non-hydrogen) atoms. The summed E-state index contributed by atoms with van der Waals surface area (Å²) in [4.78, 5) is 0. The molecule has 0 aromatic carbocycles. The topological polar surface area (TPSA) is 64.1 Å². The summed E-state index contributed by atoms with van der Waals surface area (Å²) in [6.07, 6.45) is -2.42. The van der Waals surface area contributed by atoms with E-state index in [-0.39, 0.29) is 5.82 Å². The van der Waals surface area contributed by atoms with Crippen LogP contribution in [0.4, 0.5) is 13.2 Å². The van der Waals surface area contributed by atoms with E-state index in [1.165, 1.54) is 6.92 Å². The lowest BCUT2D eigenvalue weighted by atomic mass is 9.99. The van der Waals surface area contributed by atoms with Gasteiger partial charge in [-0.3, -0.25) is 0 Å². The summed E-state index contributed by atoms with van der Waals surface area (Å²) >= 11 is 0. The van der Waals surface area contributed by atoms with E-state index < -0.39 is 17.4 Å². The third kappa shape index (κ3) is 1.95. The summed E-state index contributed by atoms with van der Waals surface area (Å²) in [5.74, 6) is 0.123. The molecule has 0 aliphatic carbocycles. The van der Waals surface area contributed by atoms with Gasteiger partial charge in [0.2, 0.25) is 0 Å². The van der Waals surface area contributed by atoms with E-state index in [4.69, 9.17) is 11.5 Å². The molecule has 0 amide bonds. The number of nitrogens with two attached hydrogens (primary N) is 2. The maximum Gasteiger partial charge on any atom is 0.416 e. The fourth-order valence-corrected chi connectivity index (χ4v) is 1.14. The Morgan fingerprint density at radius 2 is 1.92 bits per heavy atom. The van der Waals surface area contributed by atoms with E-state index in [9.17, 15) is 13.2 Å². The zero-order valence-electron chi connectivity index (χ0n) is 6.94. The lowest BCUT2D eigenvalue weighted by molar-refractivity contribution is -0.101. The molecule has 3 nitrogen and oxygen atoms in total. The molecule has 74 valence electrons. The van der Waals surface area contributed by atoms with Gasteiger partial charge in [0.25, 0.3) is 0 Å². The minimum atomic E-state index is -4.44. The van der Waals surface area contributed by atoms with Crippen LogP contribution in [-0.4, -0.2) is 11.8 Å². The van der Waals surface area contributed by atoms with E-state index in [0.717, 1.165) is 12.2 Å². The first kappa shape index (κ1) is 9.91. The molecular weight excluding hydrogens is 183 g/mol. The predicted octanol–water partition coefficient (Wildman–Crippen LogP) is 0.553. The van der Waals surface area contributed by atoms with Crippen molar-refractivity contribution >= 4 is 0 Å². The minimum Gasteiger partial charge on any atom is -0.385 e. The van der Waals surface area contributed by atoms with E-state index in [2.05, 4.69) is 5.32 Å². The van der Waals surface area contributed by atoms with Gasteiger partial charge in [0.05, 0.1) is 11.4 Å². The molecule has 1 heterocycles. The number of hydrogen-bond donors (Lipinski definition) is 3. The van der Waals surface area contributed by atoms with Crippen molar-refractivity contribution in [1.29, 1.82) is 0 Å². The average molecular weight is 193 g/mol. The molecule has 0 aromatic heterocycles. The van der Waals surface area contributed by atoms with E-state index in [0.29, 0.717) is 0 Å². The van der Waals surface area contributed by atoms with Crippen molar-refractivity contribution in [1.82, 2.24) is 5.32 Å². The SMILES string of the molecule is CC1(N)NC(N)=CC=C1C(F)(F)F. The van der Waals surface area contributed by atoms with E-state index in [1.54, 1.807) is 0 Å². The Bertz CT molecular complexity index is 275. The molecule has 0 spiro atoms. The first-order valence-electron chi connectivity index (χ1n) is 3.55. The summed E-state index contributed by atoms with van der Waals surface area (Å²) in [5, 5.41) is 2.34. The van der Waals surface area contributed by atoms with Gasteiger partial charge in [0.1, 0.15) is 5.66 Å². The maximum absolute atomic E-state index is 12.3. The van der Waals surface area contributed by atoms with Crippen molar-refractivity contribution in [2.45, 2.75) is 18.8 Å².